The smallest absolute Gasteiger partial charge is 0.328 e. The Kier molecular flexibility index (Phi) is 6.59. The standard InChI is InChI=1S/C16H20FNO3/c1-3-11(4-2)10-18-16(21)13-6-5-12(14(17)9-13)7-8-15(19)20/h5-9,11H,3-4,10H2,1-2H3,(H,18,21)(H,19,20)/b8-7+. The zero-order chi connectivity index (χ0) is 15.8. The van der Waals surface area contributed by atoms with Crippen LogP contribution >= 0.6 is 0 Å². The van der Waals surface area contributed by atoms with Gasteiger partial charge in [0, 0.05) is 23.7 Å². The molecule has 0 spiro atoms. The van der Waals surface area contributed by atoms with E-state index in [0.717, 1.165) is 31.1 Å². The van der Waals surface area contributed by atoms with Crippen LogP contribution < -0.4 is 5.32 Å². The van der Waals surface area contributed by atoms with Crippen molar-refractivity contribution in [3.05, 3.63) is 41.2 Å². The van der Waals surface area contributed by atoms with Crippen LogP contribution in [0.15, 0.2) is 24.3 Å². The molecule has 1 aromatic carbocycles. The fraction of sp³-hybridized carbons (Fsp3) is 0.375. The Morgan fingerprint density at radius 3 is 2.52 bits per heavy atom. The summed E-state index contributed by atoms with van der Waals surface area (Å²) in [5.41, 5.74) is 0.361. The van der Waals surface area contributed by atoms with Gasteiger partial charge in [-0.15, -0.1) is 0 Å². The highest BCUT2D eigenvalue weighted by molar-refractivity contribution is 5.94. The van der Waals surface area contributed by atoms with Crippen molar-refractivity contribution in [2.24, 2.45) is 5.92 Å². The molecule has 4 nitrogen and oxygen atoms in total. The second kappa shape index (κ2) is 8.19. The lowest BCUT2D eigenvalue weighted by atomic mass is 10.0. The summed E-state index contributed by atoms with van der Waals surface area (Å²) in [5, 5.41) is 11.3. The molecular weight excluding hydrogens is 273 g/mol. The minimum atomic E-state index is -1.15. The maximum atomic E-state index is 13.8. The molecule has 0 heterocycles. The van der Waals surface area contributed by atoms with Crippen LogP contribution in [0.4, 0.5) is 4.39 Å². The van der Waals surface area contributed by atoms with Crippen molar-refractivity contribution < 1.29 is 19.1 Å². The molecule has 0 fully saturated rings. The Hall–Kier alpha value is -2.17. The lowest BCUT2D eigenvalue weighted by Gasteiger charge is -2.13. The van der Waals surface area contributed by atoms with E-state index in [2.05, 4.69) is 19.2 Å². The summed E-state index contributed by atoms with van der Waals surface area (Å²) >= 11 is 0. The number of carboxylic acid groups (broad SMARTS) is 1. The van der Waals surface area contributed by atoms with Crippen molar-refractivity contribution in [3.8, 4) is 0 Å². The highest BCUT2D eigenvalue weighted by atomic mass is 19.1. The quantitative estimate of drug-likeness (QED) is 0.759. The third-order valence-electron chi connectivity index (χ3n) is 3.37. The van der Waals surface area contributed by atoms with E-state index in [1.54, 1.807) is 0 Å². The molecule has 0 aliphatic carbocycles. The molecule has 0 unspecified atom stereocenters. The van der Waals surface area contributed by atoms with Crippen LogP contribution in [0.1, 0.15) is 42.6 Å². The summed E-state index contributed by atoms with van der Waals surface area (Å²) in [6.45, 7) is 4.68. The van der Waals surface area contributed by atoms with Crippen LogP contribution in [0.3, 0.4) is 0 Å². The Bertz CT molecular complexity index is 536. The SMILES string of the molecule is CCC(CC)CNC(=O)c1ccc(/C=C/C(=O)O)c(F)c1. The molecule has 21 heavy (non-hydrogen) atoms. The maximum Gasteiger partial charge on any atom is 0.328 e. The minimum Gasteiger partial charge on any atom is -0.478 e. The fourth-order valence-corrected chi connectivity index (χ4v) is 1.88. The number of carboxylic acids is 1. The van der Waals surface area contributed by atoms with E-state index in [1.807, 2.05) is 0 Å². The van der Waals surface area contributed by atoms with Crippen molar-refractivity contribution in [1.29, 1.82) is 0 Å². The van der Waals surface area contributed by atoms with Crippen LogP contribution in [0, 0.1) is 11.7 Å². The molecule has 0 saturated heterocycles. The van der Waals surface area contributed by atoms with Crippen molar-refractivity contribution in [2.45, 2.75) is 26.7 Å². The molecule has 0 aliphatic heterocycles. The van der Waals surface area contributed by atoms with E-state index in [-0.39, 0.29) is 17.0 Å². The molecule has 114 valence electrons. The summed E-state index contributed by atoms with van der Waals surface area (Å²) in [5.74, 6) is -1.68. The van der Waals surface area contributed by atoms with E-state index in [0.29, 0.717) is 12.5 Å². The lowest BCUT2D eigenvalue weighted by Crippen LogP contribution is -2.29. The molecule has 0 aromatic heterocycles. The number of nitrogens with one attached hydrogen (secondary N) is 1. The molecule has 1 amide bonds. The molecule has 0 atom stereocenters. The summed E-state index contributed by atoms with van der Waals surface area (Å²) in [7, 11) is 0. The molecule has 0 radical (unpaired) electrons. The molecule has 0 bridgehead atoms. The number of rotatable bonds is 7. The van der Waals surface area contributed by atoms with Gasteiger partial charge in [0.1, 0.15) is 5.82 Å². The van der Waals surface area contributed by atoms with Crippen LogP contribution in [0.25, 0.3) is 6.08 Å². The van der Waals surface area contributed by atoms with Gasteiger partial charge in [0.15, 0.2) is 0 Å². The summed E-state index contributed by atoms with van der Waals surface area (Å²) in [6, 6.07) is 3.98. The zero-order valence-electron chi connectivity index (χ0n) is 12.2. The molecule has 2 N–H and O–H groups in total. The Labute approximate surface area is 123 Å². The van der Waals surface area contributed by atoms with Crippen LogP contribution in [0.2, 0.25) is 0 Å². The minimum absolute atomic E-state index is 0.133. The van der Waals surface area contributed by atoms with Gasteiger partial charge in [-0.2, -0.15) is 0 Å². The van der Waals surface area contributed by atoms with Gasteiger partial charge in [0.05, 0.1) is 0 Å². The normalized spacial score (nSPS) is 11.0. The number of aliphatic carboxylic acids is 1. The maximum absolute atomic E-state index is 13.8. The molecule has 0 aliphatic rings. The topological polar surface area (TPSA) is 66.4 Å². The number of hydrogen-bond acceptors (Lipinski definition) is 2. The predicted molar refractivity (Wildman–Crippen MR) is 79.5 cm³/mol. The average molecular weight is 293 g/mol. The monoisotopic (exact) mass is 293 g/mol. The largest absolute Gasteiger partial charge is 0.478 e. The van der Waals surface area contributed by atoms with Gasteiger partial charge >= 0.3 is 5.97 Å². The van der Waals surface area contributed by atoms with Crippen molar-refractivity contribution >= 4 is 18.0 Å². The number of hydrogen-bond donors (Lipinski definition) is 2. The molecule has 1 rings (SSSR count). The molecule has 5 heteroatoms. The van der Waals surface area contributed by atoms with Gasteiger partial charge in [-0.3, -0.25) is 4.79 Å². The van der Waals surface area contributed by atoms with Gasteiger partial charge < -0.3 is 10.4 Å². The van der Waals surface area contributed by atoms with Crippen LogP contribution in [-0.2, 0) is 4.79 Å². The van der Waals surface area contributed by atoms with Gasteiger partial charge in [-0.05, 0) is 24.1 Å². The zero-order valence-corrected chi connectivity index (χ0v) is 12.2. The summed E-state index contributed by atoms with van der Waals surface area (Å²) in [6.07, 6.45) is 3.96. The van der Waals surface area contributed by atoms with Crippen LogP contribution in [0.5, 0.6) is 0 Å². The third-order valence-corrected chi connectivity index (χ3v) is 3.37. The number of carbonyl (C=O) groups excluding carboxylic acids is 1. The number of amides is 1. The van der Waals surface area contributed by atoms with Crippen molar-refractivity contribution in [2.75, 3.05) is 6.54 Å². The number of benzene rings is 1. The first-order valence-corrected chi connectivity index (χ1v) is 6.96. The van der Waals surface area contributed by atoms with Crippen LogP contribution in [-0.4, -0.2) is 23.5 Å². The van der Waals surface area contributed by atoms with Gasteiger partial charge in [-0.1, -0.05) is 32.8 Å². The summed E-state index contributed by atoms with van der Waals surface area (Å²) in [4.78, 5) is 22.3. The summed E-state index contributed by atoms with van der Waals surface area (Å²) < 4.78 is 13.8. The van der Waals surface area contributed by atoms with Crippen molar-refractivity contribution in [3.63, 3.8) is 0 Å². The highest BCUT2D eigenvalue weighted by Crippen LogP contribution is 2.13. The van der Waals surface area contributed by atoms with E-state index in [1.165, 1.54) is 12.1 Å². The predicted octanol–water partition coefficient (Wildman–Crippen LogP) is 3.09. The van der Waals surface area contributed by atoms with Crippen molar-refractivity contribution in [1.82, 2.24) is 5.32 Å². The van der Waals surface area contributed by atoms with E-state index in [4.69, 9.17) is 5.11 Å². The average Bonchev–Trinajstić information content (AvgIpc) is 2.46. The molecule has 0 saturated carbocycles. The Morgan fingerprint density at radius 1 is 1.33 bits per heavy atom. The van der Waals surface area contributed by atoms with Gasteiger partial charge in [0.25, 0.3) is 5.91 Å². The van der Waals surface area contributed by atoms with E-state index in [9.17, 15) is 14.0 Å². The molecule has 1 aromatic rings. The van der Waals surface area contributed by atoms with Gasteiger partial charge in [0.2, 0.25) is 0 Å². The second-order valence-electron chi connectivity index (χ2n) is 4.80. The highest BCUT2D eigenvalue weighted by Gasteiger charge is 2.10. The van der Waals surface area contributed by atoms with E-state index < -0.39 is 11.8 Å². The fourth-order valence-electron chi connectivity index (χ4n) is 1.88. The first kappa shape index (κ1) is 16.9. The lowest BCUT2D eigenvalue weighted by molar-refractivity contribution is -0.131. The second-order valence-corrected chi connectivity index (χ2v) is 4.80. The Morgan fingerprint density at radius 2 is 2.00 bits per heavy atom. The number of halogens is 1. The van der Waals surface area contributed by atoms with E-state index >= 15 is 0 Å². The third kappa shape index (κ3) is 5.38. The van der Waals surface area contributed by atoms with Gasteiger partial charge in [-0.25, -0.2) is 9.18 Å². The first-order valence-electron chi connectivity index (χ1n) is 6.96. The Balaban J connectivity index is 2.74. The number of carbonyl (C=O) groups is 2. The molecular formula is C16H20FNO3. The first-order chi connectivity index (χ1) is 9.97.